The monoisotopic (exact) mass is 599 g/mol. The van der Waals surface area contributed by atoms with Gasteiger partial charge in [-0.3, -0.25) is 4.79 Å². The summed E-state index contributed by atoms with van der Waals surface area (Å²) in [5.74, 6) is -0.0210. The van der Waals surface area contributed by atoms with Gasteiger partial charge in [0.2, 0.25) is 0 Å². The topological polar surface area (TPSA) is 79.8 Å². The van der Waals surface area contributed by atoms with Gasteiger partial charge in [-0.25, -0.2) is 18.7 Å². The van der Waals surface area contributed by atoms with Crippen molar-refractivity contribution in [2.45, 2.75) is 58.3 Å². The average molecular weight is 600 g/mol. The standard InChI is InChI=1S/C34H35F2N5O3/c1-20-7-5-8-21(2)41(20)23-12-14-31(37-17-23)39-28-16-27(32-25(35)9-6-10-26(32)36)38-29-19-40(34(42)33(28)29)18-22-11-13-24(43-3)15-30(22)44-4/h6,9-17,20-21H,5,7-8,18-19H2,1-4H3,(H,37,38,39)/t20-,21-/m1/s1. The summed E-state index contributed by atoms with van der Waals surface area (Å²) in [6.45, 7) is 4.85. The van der Waals surface area contributed by atoms with Gasteiger partial charge in [0.05, 0.1) is 67.4 Å². The quantitative estimate of drug-likeness (QED) is 0.231. The van der Waals surface area contributed by atoms with Crippen molar-refractivity contribution in [2.75, 3.05) is 24.4 Å². The lowest BCUT2D eigenvalue weighted by Crippen LogP contribution is -2.43. The number of fused-ring (bicyclic) bond motifs is 1. The molecule has 2 aromatic carbocycles. The van der Waals surface area contributed by atoms with Crippen LogP contribution < -0.4 is 19.7 Å². The lowest BCUT2D eigenvalue weighted by molar-refractivity contribution is 0.0766. The van der Waals surface area contributed by atoms with Crippen molar-refractivity contribution in [1.82, 2.24) is 14.9 Å². The first-order valence-electron chi connectivity index (χ1n) is 14.8. The van der Waals surface area contributed by atoms with E-state index in [1.807, 2.05) is 24.4 Å². The second kappa shape index (κ2) is 12.1. The highest BCUT2D eigenvalue weighted by Gasteiger charge is 2.34. The Morgan fingerprint density at radius 1 is 0.955 bits per heavy atom. The number of methoxy groups -OCH3 is 2. The predicted octanol–water partition coefficient (Wildman–Crippen LogP) is 7.11. The highest BCUT2D eigenvalue weighted by atomic mass is 19.1. The Kier molecular flexibility index (Phi) is 8.07. The number of rotatable bonds is 8. The van der Waals surface area contributed by atoms with Crippen molar-refractivity contribution < 1.29 is 23.0 Å². The minimum Gasteiger partial charge on any atom is -0.497 e. The highest BCUT2D eigenvalue weighted by Crippen LogP contribution is 2.37. The van der Waals surface area contributed by atoms with Crippen LogP contribution in [0.5, 0.6) is 11.5 Å². The van der Waals surface area contributed by atoms with Gasteiger partial charge in [0.25, 0.3) is 5.91 Å². The van der Waals surface area contributed by atoms with Crippen LogP contribution in [0.1, 0.15) is 54.7 Å². The molecule has 44 heavy (non-hydrogen) atoms. The molecular formula is C34H35F2N5O3. The second-order valence-corrected chi connectivity index (χ2v) is 11.4. The highest BCUT2D eigenvalue weighted by molar-refractivity contribution is 6.04. The Bertz CT molecular complexity index is 1670. The maximum Gasteiger partial charge on any atom is 0.258 e. The number of carbonyl (C=O) groups excluding carboxylic acids is 1. The van der Waals surface area contributed by atoms with Gasteiger partial charge in [-0.2, -0.15) is 0 Å². The van der Waals surface area contributed by atoms with Crippen LogP contribution in [0.4, 0.5) is 26.0 Å². The largest absolute Gasteiger partial charge is 0.497 e. The fourth-order valence-corrected chi connectivity index (χ4v) is 6.33. The van der Waals surface area contributed by atoms with Crippen LogP contribution in [0.2, 0.25) is 0 Å². The number of piperidine rings is 1. The third-order valence-corrected chi connectivity index (χ3v) is 8.51. The molecule has 2 atom stereocenters. The Labute approximate surface area is 255 Å². The number of halogens is 2. The first-order chi connectivity index (χ1) is 21.3. The lowest BCUT2D eigenvalue weighted by atomic mass is 9.97. The first-order valence-corrected chi connectivity index (χ1v) is 14.8. The number of ether oxygens (including phenoxy) is 2. The Balaban J connectivity index is 1.36. The number of hydrogen-bond donors (Lipinski definition) is 1. The summed E-state index contributed by atoms with van der Waals surface area (Å²) >= 11 is 0. The number of aromatic nitrogens is 2. The van der Waals surface area contributed by atoms with E-state index in [0.29, 0.717) is 46.3 Å². The van der Waals surface area contributed by atoms with E-state index in [1.54, 1.807) is 31.3 Å². The molecule has 4 aromatic rings. The molecule has 0 saturated carbocycles. The molecule has 6 rings (SSSR count). The van der Waals surface area contributed by atoms with Gasteiger partial charge in [0.1, 0.15) is 29.0 Å². The normalized spacial score (nSPS) is 17.9. The number of amides is 1. The van der Waals surface area contributed by atoms with E-state index in [9.17, 15) is 13.6 Å². The summed E-state index contributed by atoms with van der Waals surface area (Å²) in [5, 5.41) is 3.26. The van der Waals surface area contributed by atoms with E-state index in [2.05, 4.69) is 34.0 Å². The number of pyridine rings is 2. The van der Waals surface area contributed by atoms with E-state index < -0.39 is 11.6 Å². The van der Waals surface area contributed by atoms with Crippen LogP contribution in [0.3, 0.4) is 0 Å². The summed E-state index contributed by atoms with van der Waals surface area (Å²) in [6, 6.07) is 15.3. The van der Waals surface area contributed by atoms with Gasteiger partial charge in [-0.15, -0.1) is 0 Å². The van der Waals surface area contributed by atoms with Crippen LogP contribution in [-0.4, -0.2) is 47.1 Å². The molecule has 2 aliphatic heterocycles. The van der Waals surface area contributed by atoms with E-state index in [4.69, 9.17) is 9.47 Å². The first kappa shape index (κ1) is 29.3. The van der Waals surface area contributed by atoms with Crippen LogP contribution in [0, 0.1) is 11.6 Å². The molecule has 2 aromatic heterocycles. The fraction of sp³-hybridized carbons (Fsp3) is 0.324. The molecule has 2 aliphatic rings. The molecule has 1 fully saturated rings. The van der Waals surface area contributed by atoms with Crippen LogP contribution in [0.15, 0.2) is 60.8 Å². The molecule has 0 aliphatic carbocycles. The number of nitrogens with one attached hydrogen (secondary N) is 1. The Morgan fingerprint density at radius 2 is 1.70 bits per heavy atom. The summed E-state index contributed by atoms with van der Waals surface area (Å²) in [6.07, 6.45) is 5.29. The molecule has 1 amide bonds. The molecule has 10 heteroatoms. The fourth-order valence-electron chi connectivity index (χ4n) is 6.33. The minimum absolute atomic E-state index is 0.0890. The van der Waals surface area contributed by atoms with E-state index in [0.717, 1.165) is 24.1 Å². The molecule has 0 unspecified atom stereocenters. The van der Waals surface area contributed by atoms with Gasteiger partial charge in [0.15, 0.2) is 0 Å². The Morgan fingerprint density at radius 3 is 2.36 bits per heavy atom. The maximum absolute atomic E-state index is 14.9. The SMILES string of the molecule is COc1ccc(CN2Cc3nc(-c4c(F)cccc4F)cc(Nc4ccc(N5[C@H](C)CCC[C@H]5C)cn4)c3C2=O)c(OC)c1. The van der Waals surface area contributed by atoms with Crippen LogP contribution in [-0.2, 0) is 13.1 Å². The van der Waals surface area contributed by atoms with Gasteiger partial charge >= 0.3 is 0 Å². The third-order valence-electron chi connectivity index (χ3n) is 8.51. The summed E-state index contributed by atoms with van der Waals surface area (Å²) in [7, 11) is 3.13. The number of benzene rings is 2. The lowest BCUT2D eigenvalue weighted by Gasteiger charge is -2.40. The van der Waals surface area contributed by atoms with Crippen molar-refractivity contribution in [1.29, 1.82) is 0 Å². The smallest absolute Gasteiger partial charge is 0.258 e. The second-order valence-electron chi connectivity index (χ2n) is 11.4. The van der Waals surface area contributed by atoms with Crippen LogP contribution >= 0.6 is 0 Å². The van der Waals surface area contributed by atoms with Crippen molar-refractivity contribution in [3.63, 3.8) is 0 Å². The van der Waals surface area contributed by atoms with Crippen molar-refractivity contribution >= 4 is 23.1 Å². The van der Waals surface area contributed by atoms with Gasteiger partial charge < -0.3 is 24.6 Å². The molecule has 1 saturated heterocycles. The van der Waals surface area contributed by atoms with E-state index in [1.165, 1.54) is 30.7 Å². The molecule has 0 bridgehead atoms. The molecule has 0 radical (unpaired) electrons. The minimum atomic E-state index is -0.736. The van der Waals surface area contributed by atoms with Crippen molar-refractivity contribution in [3.8, 4) is 22.8 Å². The van der Waals surface area contributed by atoms with Gasteiger partial charge in [-0.05, 0) is 75.6 Å². The van der Waals surface area contributed by atoms with Crippen molar-refractivity contribution in [3.05, 3.63) is 89.2 Å². The van der Waals surface area contributed by atoms with Gasteiger partial charge in [-0.1, -0.05) is 6.07 Å². The maximum atomic E-state index is 14.9. The number of nitrogens with zero attached hydrogens (tertiary/aromatic N) is 4. The number of anilines is 3. The zero-order valence-electron chi connectivity index (χ0n) is 25.2. The van der Waals surface area contributed by atoms with E-state index >= 15 is 0 Å². The number of hydrogen-bond acceptors (Lipinski definition) is 7. The van der Waals surface area contributed by atoms with E-state index in [-0.39, 0.29) is 30.3 Å². The molecule has 0 spiro atoms. The summed E-state index contributed by atoms with van der Waals surface area (Å²) in [4.78, 5) is 27.1. The van der Waals surface area contributed by atoms with Crippen molar-refractivity contribution in [2.24, 2.45) is 0 Å². The third kappa shape index (κ3) is 5.52. The summed E-state index contributed by atoms with van der Waals surface area (Å²) < 4.78 is 40.6. The van der Waals surface area contributed by atoms with Gasteiger partial charge in [0, 0.05) is 23.7 Å². The molecule has 228 valence electrons. The van der Waals surface area contributed by atoms with Crippen LogP contribution in [0.25, 0.3) is 11.3 Å². The molecule has 1 N–H and O–H groups in total. The average Bonchev–Trinajstić information content (AvgIpc) is 3.32. The molecule has 8 nitrogen and oxygen atoms in total. The predicted molar refractivity (Wildman–Crippen MR) is 165 cm³/mol. The number of carbonyl (C=O) groups is 1. The molecular weight excluding hydrogens is 564 g/mol. The summed E-state index contributed by atoms with van der Waals surface area (Å²) in [5.41, 5.74) is 2.77. The zero-order valence-corrected chi connectivity index (χ0v) is 25.2. The Hall–Kier alpha value is -4.73. The zero-order chi connectivity index (χ0) is 31.0. The molecule has 4 heterocycles.